The number of hydrogen-bond donors (Lipinski definition) is 1. The van der Waals surface area contributed by atoms with Gasteiger partial charge in [-0.1, -0.05) is 19.8 Å². The van der Waals surface area contributed by atoms with E-state index in [0.29, 0.717) is 12.6 Å². The predicted molar refractivity (Wildman–Crippen MR) is 78.4 cm³/mol. The average molecular weight is 265 g/mol. The minimum atomic E-state index is 0.633. The van der Waals surface area contributed by atoms with Gasteiger partial charge in [0.25, 0.3) is 0 Å². The van der Waals surface area contributed by atoms with Crippen molar-refractivity contribution in [2.45, 2.75) is 58.0 Å². The molecule has 1 aliphatic carbocycles. The minimum Gasteiger partial charge on any atom is -0.383 e. The summed E-state index contributed by atoms with van der Waals surface area (Å²) >= 11 is 0. The largest absolute Gasteiger partial charge is 0.383 e. The first kappa shape index (κ1) is 14.4. The molecule has 0 aliphatic heterocycles. The third kappa shape index (κ3) is 4.53. The molecule has 19 heavy (non-hydrogen) atoms. The molecule has 1 saturated carbocycles. The maximum absolute atomic E-state index is 5.06. The van der Waals surface area contributed by atoms with Crippen molar-refractivity contribution in [2.24, 2.45) is 5.92 Å². The van der Waals surface area contributed by atoms with Gasteiger partial charge in [0, 0.05) is 19.3 Å². The van der Waals surface area contributed by atoms with Crippen molar-refractivity contribution in [2.75, 3.05) is 19.0 Å². The van der Waals surface area contributed by atoms with Gasteiger partial charge in [-0.2, -0.15) is 5.10 Å². The zero-order valence-corrected chi connectivity index (χ0v) is 12.3. The first-order valence-corrected chi connectivity index (χ1v) is 7.59. The second-order valence-corrected chi connectivity index (χ2v) is 5.64. The van der Waals surface area contributed by atoms with Crippen LogP contribution >= 0.6 is 0 Å². The van der Waals surface area contributed by atoms with Crippen LogP contribution in [0.2, 0.25) is 0 Å². The monoisotopic (exact) mass is 265 g/mol. The highest BCUT2D eigenvalue weighted by Gasteiger charge is 2.20. The van der Waals surface area contributed by atoms with Crippen LogP contribution in [0.4, 0.5) is 5.69 Å². The van der Waals surface area contributed by atoms with E-state index in [0.717, 1.165) is 18.2 Å². The lowest BCUT2D eigenvalue weighted by Gasteiger charge is -2.29. The number of nitrogens with one attached hydrogen (secondary N) is 1. The Bertz CT molecular complexity index is 356. The molecule has 0 aromatic carbocycles. The molecular formula is C15H27N3O. The van der Waals surface area contributed by atoms with Crippen molar-refractivity contribution < 1.29 is 4.74 Å². The Labute approximate surface area is 116 Å². The number of aromatic nitrogens is 2. The van der Waals surface area contributed by atoms with Gasteiger partial charge < -0.3 is 10.1 Å². The first-order chi connectivity index (χ1) is 9.31. The minimum absolute atomic E-state index is 0.633. The molecule has 108 valence electrons. The van der Waals surface area contributed by atoms with E-state index in [9.17, 15) is 0 Å². The lowest BCUT2D eigenvalue weighted by Crippen LogP contribution is -2.25. The Hall–Kier alpha value is -1.03. The zero-order valence-electron chi connectivity index (χ0n) is 12.3. The molecule has 2 rings (SSSR count). The fraction of sp³-hybridized carbons (Fsp3) is 0.800. The fourth-order valence-electron chi connectivity index (χ4n) is 2.98. The van der Waals surface area contributed by atoms with Crippen LogP contribution in [0.25, 0.3) is 0 Å². The molecule has 1 heterocycles. The van der Waals surface area contributed by atoms with Gasteiger partial charge in [-0.25, -0.2) is 0 Å². The van der Waals surface area contributed by atoms with Crippen molar-refractivity contribution in [3.63, 3.8) is 0 Å². The van der Waals surface area contributed by atoms with Crippen LogP contribution in [0.5, 0.6) is 0 Å². The molecule has 0 saturated heterocycles. The summed E-state index contributed by atoms with van der Waals surface area (Å²) < 4.78 is 7.00. The molecule has 1 N–H and O–H groups in total. The molecule has 1 aliphatic rings. The highest BCUT2D eigenvalue weighted by atomic mass is 16.5. The number of anilines is 1. The number of rotatable bonds is 7. The normalized spacial score (nSPS) is 23.5. The van der Waals surface area contributed by atoms with Crippen LogP contribution in [0.3, 0.4) is 0 Å². The van der Waals surface area contributed by atoms with Crippen molar-refractivity contribution in [1.82, 2.24) is 9.78 Å². The molecule has 1 fully saturated rings. The molecular weight excluding hydrogens is 238 g/mol. The lowest BCUT2D eigenvalue weighted by atomic mass is 9.83. The molecule has 1 aromatic rings. The SMILES string of the molecule is CCCC1CCC(Nc2cnn(CCOC)c2)CC1. The average Bonchev–Trinajstić information content (AvgIpc) is 2.87. The van der Waals surface area contributed by atoms with E-state index >= 15 is 0 Å². The van der Waals surface area contributed by atoms with Gasteiger partial charge >= 0.3 is 0 Å². The van der Waals surface area contributed by atoms with Gasteiger partial charge in [0.1, 0.15) is 0 Å². The molecule has 0 atom stereocenters. The Morgan fingerprint density at radius 2 is 2.16 bits per heavy atom. The summed E-state index contributed by atoms with van der Waals surface area (Å²) in [4.78, 5) is 0. The molecule has 0 amide bonds. The van der Waals surface area contributed by atoms with E-state index in [1.165, 1.54) is 38.5 Å². The van der Waals surface area contributed by atoms with Crippen LogP contribution in [0.15, 0.2) is 12.4 Å². The summed E-state index contributed by atoms with van der Waals surface area (Å²) in [5.74, 6) is 0.965. The summed E-state index contributed by atoms with van der Waals surface area (Å²) in [6.07, 6.45) is 12.1. The van der Waals surface area contributed by atoms with Gasteiger partial charge in [-0.05, 0) is 31.6 Å². The van der Waals surface area contributed by atoms with Crippen LogP contribution < -0.4 is 5.32 Å². The van der Waals surface area contributed by atoms with Gasteiger partial charge in [-0.15, -0.1) is 0 Å². The molecule has 0 radical (unpaired) electrons. The summed E-state index contributed by atoms with van der Waals surface area (Å²) in [6.45, 7) is 3.82. The second-order valence-electron chi connectivity index (χ2n) is 5.64. The number of nitrogens with zero attached hydrogens (tertiary/aromatic N) is 2. The quantitative estimate of drug-likeness (QED) is 0.822. The Balaban J connectivity index is 1.74. The molecule has 0 spiro atoms. The van der Waals surface area contributed by atoms with E-state index < -0.39 is 0 Å². The van der Waals surface area contributed by atoms with Gasteiger partial charge in [0.15, 0.2) is 0 Å². The number of methoxy groups -OCH3 is 1. The Morgan fingerprint density at radius 1 is 1.37 bits per heavy atom. The van der Waals surface area contributed by atoms with E-state index in [2.05, 4.69) is 23.5 Å². The molecule has 1 aromatic heterocycles. The van der Waals surface area contributed by atoms with Gasteiger partial charge in [-0.3, -0.25) is 4.68 Å². The molecule has 4 heteroatoms. The van der Waals surface area contributed by atoms with Crippen molar-refractivity contribution in [1.29, 1.82) is 0 Å². The predicted octanol–water partition coefficient (Wildman–Crippen LogP) is 3.30. The Kier molecular flexibility index (Phi) is 5.70. The van der Waals surface area contributed by atoms with Crippen molar-refractivity contribution >= 4 is 5.69 Å². The highest BCUT2D eigenvalue weighted by molar-refractivity contribution is 5.39. The van der Waals surface area contributed by atoms with E-state index in [1.807, 2.05) is 10.9 Å². The van der Waals surface area contributed by atoms with Crippen molar-refractivity contribution in [3.8, 4) is 0 Å². The third-order valence-electron chi connectivity index (χ3n) is 4.07. The smallest absolute Gasteiger partial charge is 0.0728 e. The number of ether oxygens (including phenoxy) is 1. The van der Waals surface area contributed by atoms with E-state index in [4.69, 9.17) is 4.74 Å². The summed E-state index contributed by atoms with van der Waals surface area (Å²) in [6, 6.07) is 0.633. The lowest BCUT2D eigenvalue weighted by molar-refractivity contribution is 0.183. The summed E-state index contributed by atoms with van der Waals surface area (Å²) in [7, 11) is 1.72. The second kappa shape index (κ2) is 7.53. The third-order valence-corrected chi connectivity index (χ3v) is 4.07. The van der Waals surface area contributed by atoms with E-state index in [-0.39, 0.29) is 0 Å². The number of hydrogen-bond acceptors (Lipinski definition) is 3. The van der Waals surface area contributed by atoms with Crippen LogP contribution in [-0.4, -0.2) is 29.5 Å². The summed E-state index contributed by atoms with van der Waals surface area (Å²) in [5.41, 5.74) is 1.15. The Morgan fingerprint density at radius 3 is 2.84 bits per heavy atom. The van der Waals surface area contributed by atoms with Crippen LogP contribution in [0.1, 0.15) is 45.4 Å². The van der Waals surface area contributed by atoms with Crippen LogP contribution in [0, 0.1) is 5.92 Å². The molecule has 0 unspecified atom stereocenters. The fourth-order valence-corrected chi connectivity index (χ4v) is 2.98. The van der Waals surface area contributed by atoms with Gasteiger partial charge in [0.05, 0.1) is 25.0 Å². The van der Waals surface area contributed by atoms with Crippen LogP contribution in [-0.2, 0) is 11.3 Å². The van der Waals surface area contributed by atoms with Gasteiger partial charge in [0.2, 0.25) is 0 Å². The highest BCUT2D eigenvalue weighted by Crippen LogP contribution is 2.29. The first-order valence-electron chi connectivity index (χ1n) is 7.59. The molecule has 0 bridgehead atoms. The van der Waals surface area contributed by atoms with E-state index in [1.54, 1.807) is 7.11 Å². The maximum Gasteiger partial charge on any atom is 0.0728 e. The molecule has 4 nitrogen and oxygen atoms in total. The topological polar surface area (TPSA) is 39.1 Å². The summed E-state index contributed by atoms with van der Waals surface area (Å²) in [5, 5.41) is 7.95. The maximum atomic E-state index is 5.06. The van der Waals surface area contributed by atoms with Crippen molar-refractivity contribution in [3.05, 3.63) is 12.4 Å². The zero-order chi connectivity index (χ0) is 13.5. The standard InChI is InChI=1S/C15H27N3O/c1-3-4-13-5-7-14(8-6-13)17-15-11-16-18(12-15)9-10-19-2/h11-14,17H,3-10H2,1-2H3.